The molecular weight excluding hydrogens is 354 g/mol. The molecule has 0 radical (unpaired) electrons. The van der Waals surface area contributed by atoms with Gasteiger partial charge in [0.2, 0.25) is 5.91 Å². The monoisotopic (exact) mass is 377 g/mol. The Morgan fingerprint density at radius 2 is 1.56 bits per heavy atom. The van der Waals surface area contributed by atoms with Crippen molar-refractivity contribution in [3.05, 3.63) is 83.9 Å². The Labute approximate surface area is 165 Å². The molecule has 0 spiro atoms. The van der Waals surface area contributed by atoms with E-state index in [0.29, 0.717) is 13.0 Å². The summed E-state index contributed by atoms with van der Waals surface area (Å²) in [6.07, 6.45) is 0.738. The Kier molecular flexibility index (Phi) is 6.66. The molecule has 0 aliphatic carbocycles. The van der Waals surface area contributed by atoms with Crippen molar-refractivity contribution < 1.29 is 9.59 Å². The zero-order chi connectivity index (χ0) is 19.1. The Morgan fingerprint density at radius 3 is 2.30 bits per heavy atom. The van der Waals surface area contributed by atoms with E-state index in [0.717, 1.165) is 21.9 Å². The second-order valence-electron chi connectivity index (χ2n) is 6.69. The molecule has 0 saturated carbocycles. The summed E-state index contributed by atoms with van der Waals surface area (Å²) in [6, 6.07) is 24.1. The Balaban J connectivity index is 1.73. The number of fused-ring (bicyclic) bond motifs is 1. The van der Waals surface area contributed by atoms with Crippen LogP contribution in [0.5, 0.6) is 0 Å². The van der Waals surface area contributed by atoms with E-state index in [9.17, 15) is 9.59 Å². The summed E-state index contributed by atoms with van der Waals surface area (Å²) in [7, 11) is 0. The van der Waals surface area contributed by atoms with Gasteiger partial charge in [0.05, 0.1) is 0 Å². The summed E-state index contributed by atoms with van der Waals surface area (Å²) in [6.45, 7) is 0.461. The number of carbonyl (C=O) groups is 2. The first-order valence-electron chi connectivity index (χ1n) is 9.07. The summed E-state index contributed by atoms with van der Waals surface area (Å²) in [5.41, 5.74) is 2.09. The summed E-state index contributed by atoms with van der Waals surface area (Å²) in [5, 5.41) is 5.27. The van der Waals surface area contributed by atoms with Gasteiger partial charge in [0.15, 0.2) is 0 Å². The van der Waals surface area contributed by atoms with E-state index in [1.54, 1.807) is 0 Å². The van der Waals surface area contributed by atoms with Gasteiger partial charge >= 0.3 is 0 Å². The minimum Gasteiger partial charge on any atom is -0.352 e. The molecule has 138 valence electrons. The lowest BCUT2D eigenvalue weighted by molar-refractivity contribution is -0.128. The van der Waals surface area contributed by atoms with Crippen molar-refractivity contribution in [3.8, 4) is 0 Å². The maximum absolute atomic E-state index is 12.7. The van der Waals surface area contributed by atoms with Crippen LogP contribution in [0.25, 0.3) is 10.8 Å². The SMILES string of the molecule is O=C(CS)C[C@@H](Cc1ccc2ccccc2c1)C(=O)NCc1ccccc1. The highest BCUT2D eigenvalue weighted by molar-refractivity contribution is 7.81. The predicted octanol–water partition coefficient (Wildman–Crippen LogP) is 4.20. The molecule has 1 N–H and O–H groups in total. The molecule has 1 amide bonds. The third-order valence-electron chi connectivity index (χ3n) is 4.63. The number of thiol groups is 1. The van der Waals surface area contributed by atoms with Crippen molar-refractivity contribution in [3.63, 3.8) is 0 Å². The first-order valence-corrected chi connectivity index (χ1v) is 9.71. The molecule has 3 aromatic rings. The molecule has 3 rings (SSSR count). The minimum absolute atomic E-state index is 0.0148. The van der Waals surface area contributed by atoms with Crippen LogP contribution in [0.4, 0.5) is 0 Å². The molecule has 0 aliphatic heterocycles. The van der Waals surface area contributed by atoms with Gasteiger partial charge in [-0.1, -0.05) is 72.8 Å². The van der Waals surface area contributed by atoms with E-state index >= 15 is 0 Å². The molecule has 0 unspecified atom stereocenters. The summed E-state index contributed by atoms with van der Waals surface area (Å²) < 4.78 is 0. The molecule has 3 nitrogen and oxygen atoms in total. The molecule has 0 aliphatic rings. The molecule has 0 bridgehead atoms. The number of Topliss-reactive ketones (excluding diaryl/α,β-unsaturated/α-hetero) is 1. The van der Waals surface area contributed by atoms with E-state index in [1.807, 2.05) is 48.5 Å². The maximum atomic E-state index is 12.7. The van der Waals surface area contributed by atoms with Gasteiger partial charge in [-0.25, -0.2) is 0 Å². The molecule has 0 fully saturated rings. The number of rotatable bonds is 8. The molecule has 1 atom stereocenters. The van der Waals surface area contributed by atoms with Gasteiger partial charge in [-0.15, -0.1) is 0 Å². The number of hydrogen-bond donors (Lipinski definition) is 2. The average molecular weight is 378 g/mol. The highest BCUT2D eigenvalue weighted by atomic mass is 32.1. The van der Waals surface area contributed by atoms with Crippen molar-refractivity contribution in [1.29, 1.82) is 0 Å². The fourth-order valence-corrected chi connectivity index (χ4v) is 3.31. The van der Waals surface area contributed by atoms with Crippen LogP contribution in [-0.4, -0.2) is 17.4 Å². The van der Waals surface area contributed by atoms with Gasteiger partial charge in [-0.3, -0.25) is 9.59 Å². The Bertz CT molecular complexity index is 924. The van der Waals surface area contributed by atoms with Gasteiger partial charge < -0.3 is 5.32 Å². The zero-order valence-electron chi connectivity index (χ0n) is 15.1. The second kappa shape index (κ2) is 9.38. The first kappa shape index (κ1) is 19.2. The predicted molar refractivity (Wildman–Crippen MR) is 113 cm³/mol. The fourth-order valence-electron chi connectivity index (χ4n) is 3.18. The lowest BCUT2D eigenvalue weighted by Gasteiger charge is -2.17. The second-order valence-corrected chi connectivity index (χ2v) is 7.00. The van der Waals surface area contributed by atoms with E-state index < -0.39 is 5.92 Å². The van der Waals surface area contributed by atoms with Crippen LogP contribution in [-0.2, 0) is 22.6 Å². The quantitative estimate of drug-likeness (QED) is 0.578. The maximum Gasteiger partial charge on any atom is 0.224 e. The van der Waals surface area contributed by atoms with E-state index in [2.05, 4.69) is 42.2 Å². The number of hydrogen-bond acceptors (Lipinski definition) is 3. The zero-order valence-corrected chi connectivity index (χ0v) is 16.0. The third kappa shape index (κ3) is 5.44. The van der Waals surface area contributed by atoms with Crippen LogP contribution in [0.1, 0.15) is 17.5 Å². The fraction of sp³-hybridized carbons (Fsp3) is 0.217. The molecular formula is C23H23NO2S. The van der Waals surface area contributed by atoms with Gasteiger partial charge in [0.25, 0.3) is 0 Å². The van der Waals surface area contributed by atoms with Crippen LogP contribution < -0.4 is 5.32 Å². The Morgan fingerprint density at radius 1 is 0.852 bits per heavy atom. The van der Waals surface area contributed by atoms with Crippen molar-refractivity contribution in [2.45, 2.75) is 19.4 Å². The van der Waals surface area contributed by atoms with Crippen LogP contribution in [0.3, 0.4) is 0 Å². The average Bonchev–Trinajstić information content (AvgIpc) is 2.72. The minimum atomic E-state index is -0.394. The number of carbonyl (C=O) groups excluding carboxylic acids is 2. The van der Waals surface area contributed by atoms with Crippen LogP contribution in [0.2, 0.25) is 0 Å². The normalized spacial score (nSPS) is 11.9. The van der Waals surface area contributed by atoms with Crippen molar-refractivity contribution in [2.75, 3.05) is 5.75 Å². The number of ketones is 1. The van der Waals surface area contributed by atoms with Crippen LogP contribution in [0, 0.1) is 5.92 Å². The van der Waals surface area contributed by atoms with E-state index in [1.165, 1.54) is 0 Å². The van der Waals surface area contributed by atoms with Crippen LogP contribution in [0.15, 0.2) is 72.8 Å². The standard InChI is InChI=1S/C23H23NO2S/c25-22(16-27)14-21(23(26)24-15-17-6-2-1-3-7-17)13-18-10-11-19-8-4-5-9-20(19)12-18/h1-12,21,27H,13-16H2,(H,24,26)/t21-/m1/s1. The summed E-state index contributed by atoms with van der Waals surface area (Å²) in [4.78, 5) is 24.7. The molecule has 0 heterocycles. The topological polar surface area (TPSA) is 46.2 Å². The lowest BCUT2D eigenvalue weighted by atomic mass is 9.92. The smallest absolute Gasteiger partial charge is 0.224 e. The van der Waals surface area contributed by atoms with E-state index in [-0.39, 0.29) is 23.9 Å². The lowest BCUT2D eigenvalue weighted by Crippen LogP contribution is -2.33. The Hall–Kier alpha value is -2.59. The number of amides is 1. The molecule has 3 aromatic carbocycles. The summed E-state index contributed by atoms with van der Waals surface area (Å²) >= 11 is 4.06. The highest BCUT2D eigenvalue weighted by Gasteiger charge is 2.22. The van der Waals surface area contributed by atoms with Crippen molar-refractivity contribution >= 4 is 35.1 Å². The number of benzene rings is 3. The van der Waals surface area contributed by atoms with Crippen molar-refractivity contribution in [1.82, 2.24) is 5.32 Å². The van der Waals surface area contributed by atoms with E-state index in [4.69, 9.17) is 0 Å². The highest BCUT2D eigenvalue weighted by Crippen LogP contribution is 2.20. The van der Waals surface area contributed by atoms with Gasteiger partial charge in [0, 0.05) is 24.6 Å². The van der Waals surface area contributed by atoms with Crippen molar-refractivity contribution in [2.24, 2.45) is 5.92 Å². The molecule has 4 heteroatoms. The molecule has 0 aromatic heterocycles. The molecule has 0 saturated heterocycles. The van der Waals surface area contributed by atoms with Crippen LogP contribution >= 0.6 is 12.6 Å². The number of nitrogens with one attached hydrogen (secondary N) is 1. The van der Waals surface area contributed by atoms with Gasteiger partial charge in [0.1, 0.15) is 5.78 Å². The van der Waals surface area contributed by atoms with Gasteiger partial charge in [-0.2, -0.15) is 12.6 Å². The largest absolute Gasteiger partial charge is 0.352 e. The van der Waals surface area contributed by atoms with Gasteiger partial charge in [-0.05, 0) is 28.3 Å². The first-order chi connectivity index (χ1) is 13.2. The molecule has 27 heavy (non-hydrogen) atoms. The summed E-state index contributed by atoms with van der Waals surface area (Å²) in [5.74, 6) is -0.351. The third-order valence-corrected chi connectivity index (χ3v) is 4.98.